The van der Waals surface area contributed by atoms with E-state index < -0.39 is 17.6 Å². The standard InChI is InChI=1S/C14H11F3N4O/c1-8-19-12(11(7-18)21(8)2)20-13(22)9-3-5-10(6-4-9)14(15,16)17/h3-6H,1-2H3,(H,20,22). The molecular formula is C14H11F3N4O. The number of carbonyl (C=O) groups excluding carboxylic acids is 1. The first-order chi connectivity index (χ1) is 10.2. The summed E-state index contributed by atoms with van der Waals surface area (Å²) in [6.07, 6.45) is -4.46. The molecule has 114 valence electrons. The average Bonchev–Trinajstić information content (AvgIpc) is 2.72. The van der Waals surface area contributed by atoms with Crippen LogP contribution in [0.15, 0.2) is 24.3 Å². The number of amides is 1. The molecule has 0 saturated carbocycles. The maximum atomic E-state index is 12.5. The van der Waals surface area contributed by atoms with Crippen LogP contribution < -0.4 is 5.32 Å². The van der Waals surface area contributed by atoms with Gasteiger partial charge in [0.1, 0.15) is 11.9 Å². The van der Waals surface area contributed by atoms with Crippen molar-refractivity contribution in [2.45, 2.75) is 13.1 Å². The van der Waals surface area contributed by atoms with Gasteiger partial charge in [-0.15, -0.1) is 0 Å². The van der Waals surface area contributed by atoms with Gasteiger partial charge in [0.25, 0.3) is 5.91 Å². The molecule has 0 aliphatic rings. The van der Waals surface area contributed by atoms with Crippen LogP contribution in [0.2, 0.25) is 0 Å². The second-order valence-corrected chi connectivity index (χ2v) is 4.56. The Bertz CT molecular complexity index is 754. The van der Waals surface area contributed by atoms with Crippen molar-refractivity contribution in [1.29, 1.82) is 5.26 Å². The number of nitrogens with zero attached hydrogens (tertiary/aromatic N) is 3. The molecule has 0 aliphatic heterocycles. The minimum atomic E-state index is -4.46. The molecule has 22 heavy (non-hydrogen) atoms. The van der Waals surface area contributed by atoms with Gasteiger partial charge in [-0.05, 0) is 31.2 Å². The lowest BCUT2D eigenvalue weighted by atomic mass is 10.1. The van der Waals surface area contributed by atoms with Gasteiger partial charge < -0.3 is 9.88 Å². The Hall–Kier alpha value is -2.82. The third-order valence-electron chi connectivity index (χ3n) is 3.13. The molecule has 0 spiro atoms. The van der Waals surface area contributed by atoms with Gasteiger partial charge in [0.05, 0.1) is 5.56 Å². The summed E-state index contributed by atoms with van der Waals surface area (Å²) in [7, 11) is 1.62. The van der Waals surface area contributed by atoms with E-state index >= 15 is 0 Å². The van der Waals surface area contributed by atoms with E-state index in [0.29, 0.717) is 5.82 Å². The van der Waals surface area contributed by atoms with Crippen molar-refractivity contribution < 1.29 is 18.0 Å². The summed E-state index contributed by atoms with van der Waals surface area (Å²) in [6.45, 7) is 1.66. The zero-order chi connectivity index (χ0) is 16.5. The van der Waals surface area contributed by atoms with E-state index in [0.717, 1.165) is 24.3 Å². The van der Waals surface area contributed by atoms with Crippen molar-refractivity contribution >= 4 is 11.7 Å². The van der Waals surface area contributed by atoms with E-state index in [1.165, 1.54) is 4.57 Å². The fraction of sp³-hybridized carbons (Fsp3) is 0.214. The predicted molar refractivity (Wildman–Crippen MR) is 72.1 cm³/mol. The topological polar surface area (TPSA) is 70.7 Å². The molecular weight excluding hydrogens is 297 g/mol. The molecule has 1 N–H and O–H groups in total. The normalized spacial score (nSPS) is 11.1. The summed E-state index contributed by atoms with van der Waals surface area (Å²) in [4.78, 5) is 16.0. The number of alkyl halides is 3. The highest BCUT2D eigenvalue weighted by atomic mass is 19.4. The molecule has 8 heteroatoms. The maximum absolute atomic E-state index is 12.5. The van der Waals surface area contributed by atoms with Gasteiger partial charge in [-0.25, -0.2) is 4.98 Å². The summed E-state index contributed by atoms with van der Waals surface area (Å²) in [6, 6.07) is 5.69. The maximum Gasteiger partial charge on any atom is 0.416 e. The second-order valence-electron chi connectivity index (χ2n) is 4.56. The van der Waals surface area contributed by atoms with Crippen LogP contribution >= 0.6 is 0 Å². The van der Waals surface area contributed by atoms with Crippen LogP contribution in [0.4, 0.5) is 19.0 Å². The first kappa shape index (κ1) is 15.6. The zero-order valence-electron chi connectivity index (χ0n) is 11.7. The van der Waals surface area contributed by atoms with Crippen LogP contribution in [0.1, 0.15) is 27.4 Å². The summed E-state index contributed by atoms with van der Waals surface area (Å²) in [5.41, 5.74) is -0.631. The molecule has 1 aromatic carbocycles. The average molecular weight is 308 g/mol. The first-order valence-corrected chi connectivity index (χ1v) is 6.16. The molecule has 2 rings (SSSR count). The Kier molecular flexibility index (Phi) is 3.91. The minimum absolute atomic E-state index is 0.0418. The molecule has 0 radical (unpaired) electrons. The monoisotopic (exact) mass is 308 g/mol. The molecule has 0 fully saturated rings. The fourth-order valence-corrected chi connectivity index (χ4v) is 1.82. The van der Waals surface area contributed by atoms with Gasteiger partial charge >= 0.3 is 6.18 Å². The molecule has 0 saturated heterocycles. The van der Waals surface area contributed by atoms with Crippen LogP contribution in [-0.4, -0.2) is 15.5 Å². The Morgan fingerprint density at radius 3 is 2.41 bits per heavy atom. The van der Waals surface area contributed by atoms with E-state index in [2.05, 4.69) is 10.3 Å². The van der Waals surface area contributed by atoms with Crippen LogP contribution in [-0.2, 0) is 13.2 Å². The SMILES string of the molecule is Cc1nc(NC(=O)c2ccc(C(F)(F)F)cc2)c(C#N)n1C. The van der Waals surface area contributed by atoms with Crippen LogP contribution in [0.3, 0.4) is 0 Å². The molecule has 0 atom stereocenters. The quantitative estimate of drug-likeness (QED) is 0.927. The van der Waals surface area contributed by atoms with Crippen LogP contribution in [0.25, 0.3) is 0 Å². The van der Waals surface area contributed by atoms with Gasteiger partial charge in [-0.2, -0.15) is 18.4 Å². The molecule has 0 bridgehead atoms. The third kappa shape index (κ3) is 2.93. The second kappa shape index (κ2) is 5.52. The van der Waals surface area contributed by atoms with Crippen molar-refractivity contribution in [2.75, 3.05) is 5.32 Å². The highest BCUT2D eigenvalue weighted by Crippen LogP contribution is 2.29. The number of anilines is 1. The van der Waals surface area contributed by atoms with Crippen molar-refractivity contribution in [3.8, 4) is 6.07 Å². The van der Waals surface area contributed by atoms with Crippen molar-refractivity contribution in [3.63, 3.8) is 0 Å². The summed E-state index contributed by atoms with van der Waals surface area (Å²) in [5.74, 6) is -0.0324. The van der Waals surface area contributed by atoms with E-state index in [9.17, 15) is 18.0 Å². The van der Waals surface area contributed by atoms with Gasteiger partial charge in [0.2, 0.25) is 0 Å². The largest absolute Gasteiger partial charge is 0.416 e. The van der Waals surface area contributed by atoms with E-state index in [4.69, 9.17) is 5.26 Å². The number of nitrogens with one attached hydrogen (secondary N) is 1. The Balaban J connectivity index is 2.23. The fourth-order valence-electron chi connectivity index (χ4n) is 1.82. The number of halogens is 3. The molecule has 0 unspecified atom stereocenters. The molecule has 1 aromatic heterocycles. The first-order valence-electron chi connectivity index (χ1n) is 6.16. The summed E-state index contributed by atoms with van der Waals surface area (Å²) >= 11 is 0. The lowest BCUT2D eigenvalue weighted by Gasteiger charge is -2.07. The van der Waals surface area contributed by atoms with Gasteiger partial charge in [0.15, 0.2) is 11.5 Å². The third-order valence-corrected chi connectivity index (χ3v) is 3.13. The summed E-state index contributed by atoms with van der Waals surface area (Å²) in [5, 5.41) is 11.5. The lowest BCUT2D eigenvalue weighted by Crippen LogP contribution is -2.14. The predicted octanol–water partition coefficient (Wildman–Crippen LogP) is 2.87. The molecule has 5 nitrogen and oxygen atoms in total. The molecule has 1 heterocycles. The van der Waals surface area contributed by atoms with E-state index in [1.54, 1.807) is 14.0 Å². The number of hydrogen-bond acceptors (Lipinski definition) is 3. The molecule has 1 amide bonds. The number of benzene rings is 1. The Morgan fingerprint density at radius 1 is 1.32 bits per heavy atom. The Morgan fingerprint density at radius 2 is 1.91 bits per heavy atom. The number of imidazole rings is 1. The molecule has 0 aliphatic carbocycles. The van der Waals surface area contributed by atoms with Crippen molar-refractivity contribution in [2.24, 2.45) is 7.05 Å². The van der Waals surface area contributed by atoms with Gasteiger partial charge in [0, 0.05) is 12.6 Å². The number of carbonyl (C=O) groups is 1. The van der Waals surface area contributed by atoms with Crippen molar-refractivity contribution in [1.82, 2.24) is 9.55 Å². The smallest absolute Gasteiger partial charge is 0.321 e. The van der Waals surface area contributed by atoms with Gasteiger partial charge in [-0.1, -0.05) is 0 Å². The van der Waals surface area contributed by atoms with Crippen molar-refractivity contribution in [3.05, 3.63) is 46.9 Å². The number of aromatic nitrogens is 2. The number of rotatable bonds is 2. The minimum Gasteiger partial charge on any atom is -0.321 e. The number of nitriles is 1. The summed E-state index contributed by atoms with van der Waals surface area (Å²) < 4.78 is 38.9. The van der Waals surface area contributed by atoms with E-state index in [-0.39, 0.29) is 17.1 Å². The lowest BCUT2D eigenvalue weighted by molar-refractivity contribution is -0.137. The van der Waals surface area contributed by atoms with E-state index in [1.807, 2.05) is 6.07 Å². The highest BCUT2D eigenvalue weighted by molar-refractivity contribution is 6.04. The number of hydrogen-bond donors (Lipinski definition) is 1. The molecule has 2 aromatic rings. The Labute approximate surface area is 124 Å². The number of aryl methyl sites for hydroxylation is 1. The highest BCUT2D eigenvalue weighted by Gasteiger charge is 2.30. The van der Waals surface area contributed by atoms with Crippen LogP contribution in [0.5, 0.6) is 0 Å². The van der Waals surface area contributed by atoms with Crippen LogP contribution in [0, 0.1) is 18.3 Å². The van der Waals surface area contributed by atoms with Gasteiger partial charge in [-0.3, -0.25) is 4.79 Å². The zero-order valence-corrected chi connectivity index (χ0v) is 11.7.